The topological polar surface area (TPSA) is 27.6 Å². The van der Waals surface area contributed by atoms with Gasteiger partial charge in [-0.25, -0.2) is 13.8 Å². The molecule has 1 aromatic rings. The maximum Gasteiger partial charge on any atom is 0.189 e. The lowest BCUT2D eigenvalue weighted by Gasteiger charge is -2.15. The van der Waals surface area contributed by atoms with Crippen molar-refractivity contribution in [3.8, 4) is 0 Å². The number of nitrogens with zero attached hydrogens (tertiary/aromatic N) is 2. The van der Waals surface area contributed by atoms with Crippen molar-refractivity contribution in [3.05, 3.63) is 35.4 Å². The molecule has 0 heterocycles. The molecule has 0 spiro atoms. The van der Waals surface area contributed by atoms with Crippen LogP contribution in [0.3, 0.4) is 0 Å². The number of unbranched alkanes of at least 4 members (excludes halogenated alkanes) is 1. The van der Waals surface area contributed by atoms with Crippen LogP contribution in [0.25, 0.3) is 0 Å². The van der Waals surface area contributed by atoms with E-state index in [0.717, 1.165) is 25.6 Å². The molecule has 0 atom stereocenters. The van der Waals surface area contributed by atoms with Gasteiger partial charge in [0.15, 0.2) is 5.11 Å². The summed E-state index contributed by atoms with van der Waals surface area (Å²) in [4.78, 5) is 0. The van der Waals surface area contributed by atoms with Crippen LogP contribution < -0.4 is 5.32 Å². The van der Waals surface area contributed by atoms with Gasteiger partial charge in [-0.3, -0.25) is 0 Å². The number of hydrogen-bond donors (Lipinski definition) is 1. The fourth-order valence-electron chi connectivity index (χ4n) is 1.32. The number of benzene rings is 1. The van der Waals surface area contributed by atoms with Gasteiger partial charge in [0.2, 0.25) is 0 Å². The van der Waals surface area contributed by atoms with Crippen molar-refractivity contribution >= 4 is 23.5 Å². The van der Waals surface area contributed by atoms with E-state index in [9.17, 15) is 8.78 Å². The van der Waals surface area contributed by atoms with Crippen LogP contribution in [-0.4, -0.2) is 29.9 Å². The molecular formula is C13H17F2N3S. The van der Waals surface area contributed by atoms with Crippen molar-refractivity contribution in [2.24, 2.45) is 5.10 Å². The van der Waals surface area contributed by atoms with Gasteiger partial charge in [0.1, 0.15) is 11.6 Å². The molecule has 0 bridgehead atoms. The molecule has 0 aromatic heterocycles. The molecule has 6 heteroatoms. The van der Waals surface area contributed by atoms with Crippen molar-refractivity contribution in [2.75, 3.05) is 13.6 Å². The van der Waals surface area contributed by atoms with Crippen LogP contribution in [-0.2, 0) is 0 Å². The number of thiocarbonyl (C=S) groups is 1. The summed E-state index contributed by atoms with van der Waals surface area (Å²) in [5.41, 5.74) is -0.175. The van der Waals surface area contributed by atoms with Crippen molar-refractivity contribution in [1.82, 2.24) is 10.3 Å². The highest BCUT2D eigenvalue weighted by Crippen LogP contribution is 2.09. The first-order valence-corrected chi connectivity index (χ1v) is 6.46. The summed E-state index contributed by atoms with van der Waals surface area (Å²) in [5, 5.41) is 8.71. The molecule has 1 rings (SSSR count). The minimum absolute atomic E-state index is 0.175. The Bertz CT molecular complexity index is 443. The van der Waals surface area contributed by atoms with E-state index in [1.165, 1.54) is 23.2 Å². The largest absolute Gasteiger partial charge is 0.361 e. The summed E-state index contributed by atoms with van der Waals surface area (Å²) in [7, 11) is 1.62. The fourth-order valence-corrected chi connectivity index (χ4v) is 1.47. The van der Waals surface area contributed by atoms with Crippen molar-refractivity contribution in [3.63, 3.8) is 0 Å². The van der Waals surface area contributed by atoms with Crippen LogP contribution in [0.4, 0.5) is 8.78 Å². The van der Waals surface area contributed by atoms with Crippen molar-refractivity contribution < 1.29 is 8.78 Å². The maximum atomic E-state index is 13.4. The predicted octanol–water partition coefficient (Wildman–Crippen LogP) is 2.91. The molecule has 0 unspecified atom stereocenters. The first-order valence-electron chi connectivity index (χ1n) is 6.05. The summed E-state index contributed by atoms with van der Waals surface area (Å²) in [6.07, 6.45) is 3.18. The van der Waals surface area contributed by atoms with Gasteiger partial charge in [-0.1, -0.05) is 19.4 Å². The Kier molecular flexibility index (Phi) is 6.35. The molecule has 0 saturated heterocycles. The average molecular weight is 285 g/mol. The van der Waals surface area contributed by atoms with E-state index >= 15 is 0 Å². The standard InChI is InChI=1S/C13H17F2N3S/c1-3-4-8-16-13(19)18(2)17-9-10-11(14)6-5-7-12(10)15/h5-7,9H,3-4,8H2,1-2H3,(H,16,19)/b17-9-. The number of hydrazone groups is 1. The Morgan fingerprint density at radius 3 is 2.63 bits per heavy atom. The molecule has 1 aromatic carbocycles. The van der Waals surface area contributed by atoms with E-state index in [-0.39, 0.29) is 5.56 Å². The molecule has 19 heavy (non-hydrogen) atoms. The summed E-state index contributed by atoms with van der Waals surface area (Å²) in [5.74, 6) is -1.30. The normalized spacial score (nSPS) is 10.7. The van der Waals surface area contributed by atoms with Crippen LogP contribution in [0.2, 0.25) is 0 Å². The average Bonchev–Trinajstić information content (AvgIpc) is 2.38. The Morgan fingerprint density at radius 2 is 2.05 bits per heavy atom. The Labute approximate surface area is 117 Å². The number of halogens is 2. The highest BCUT2D eigenvalue weighted by Gasteiger charge is 2.06. The van der Waals surface area contributed by atoms with Gasteiger partial charge >= 0.3 is 0 Å². The second-order valence-electron chi connectivity index (χ2n) is 3.99. The second-order valence-corrected chi connectivity index (χ2v) is 4.38. The second kappa shape index (κ2) is 7.78. The summed E-state index contributed by atoms with van der Waals surface area (Å²) in [6, 6.07) is 3.67. The molecule has 1 N–H and O–H groups in total. The smallest absolute Gasteiger partial charge is 0.189 e. The van der Waals surface area contributed by atoms with E-state index in [1.807, 2.05) is 0 Å². The van der Waals surface area contributed by atoms with Crippen molar-refractivity contribution in [1.29, 1.82) is 0 Å². The minimum atomic E-state index is -0.651. The van der Waals surface area contributed by atoms with Gasteiger partial charge in [0, 0.05) is 13.6 Å². The van der Waals surface area contributed by atoms with Crippen LogP contribution >= 0.6 is 12.2 Å². The molecule has 0 radical (unpaired) electrons. The van der Waals surface area contributed by atoms with E-state index < -0.39 is 11.6 Å². The molecule has 0 saturated carbocycles. The van der Waals surface area contributed by atoms with Crippen LogP contribution in [0.5, 0.6) is 0 Å². The minimum Gasteiger partial charge on any atom is -0.361 e. The molecular weight excluding hydrogens is 268 g/mol. The molecule has 3 nitrogen and oxygen atoms in total. The molecule has 0 fully saturated rings. The third-order valence-corrected chi connectivity index (χ3v) is 2.87. The van der Waals surface area contributed by atoms with Gasteiger partial charge in [-0.2, -0.15) is 5.10 Å². The lowest BCUT2D eigenvalue weighted by molar-refractivity contribution is 0.527. The predicted molar refractivity (Wildman–Crippen MR) is 77.2 cm³/mol. The fraction of sp³-hybridized carbons (Fsp3) is 0.385. The third kappa shape index (κ3) is 4.90. The SMILES string of the molecule is CCCCNC(=S)N(C)/N=C\c1c(F)cccc1F. The van der Waals surface area contributed by atoms with E-state index in [2.05, 4.69) is 17.3 Å². The zero-order valence-corrected chi connectivity index (χ0v) is 11.8. The van der Waals surface area contributed by atoms with E-state index in [1.54, 1.807) is 7.05 Å². The summed E-state index contributed by atoms with van der Waals surface area (Å²) < 4.78 is 26.7. The van der Waals surface area contributed by atoms with Crippen LogP contribution in [0.15, 0.2) is 23.3 Å². The first kappa shape index (κ1) is 15.5. The summed E-state index contributed by atoms with van der Waals surface area (Å²) in [6.45, 7) is 2.83. The van der Waals surface area contributed by atoms with Gasteiger partial charge in [0.25, 0.3) is 0 Å². The van der Waals surface area contributed by atoms with Gasteiger partial charge < -0.3 is 5.32 Å². The third-order valence-electron chi connectivity index (χ3n) is 2.46. The van der Waals surface area contributed by atoms with Gasteiger partial charge in [-0.15, -0.1) is 0 Å². The number of nitrogens with one attached hydrogen (secondary N) is 1. The van der Waals surface area contributed by atoms with Gasteiger partial charge in [-0.05, 0) is 30.8 Å². The molecule has 0 aliphatic heterocycles. The lowest BCUT2D eigenvalue weighted by atomic mass is 10.2. The monoisotopic (exact) mass is 285 g/mol. The Hall–Kier alpha value is -1.56. The zero-order chi connectivity index (χ0) is 14.3. The molecule has 0 aliphatic rings. The Morgan fingerprint density at radius 1 is 1.42 bits per heavy atom. The molecule has 0 amide bonds. The van der Waals surface area contributed by atoms with E-state index in [4.69, 9.17) is 12.2 Å². The zero-order valence-electron chi connectivity index (χ0n) is 11.0. The number of hydrogen-bond acceptors (Lipinski definition) is 2. The lowest BCUT2D eigenvalue weighted by Crippen LogP contribution is -2.34. The van der Waals surface area contributed by atoms with Crippen LogP contribution in [0, 0.1) is 11.6 Å². The quantitative estimate of drug-likeness (QED) is 0.390. The summed E-state index contributed by atoms with van der Waals surface area (Å²) >= 11 is 5.08. The van der Waals surface area contributed by atoms with Crippen LogP contribution in [0.1, 0.15) is 25.3 Å². The molecule has 0 aliphatic carbocycles. The highest BCUT2D eigenvalue weighted by molar-refractivity contribution is 7.80. The number of rotatable bonds is 5. The van der Waals surface area contributed by atoms with E-state index in [0.29, 0.717) is 5.11 Å². The van der Waals surface area contributed by atoms with Crippen molar-refractivity contribution in [2.45, 2.75) is 19.8 Å². The van der Waals surface area contributed by atoms with Gasteiger partial charge in [0.05, 0.1) is 11.8 Å². The maximum absolute atomic E-state index is 13.4. The highest BCUT2D eigenvalue weighted by atomic mass is 32.1. The Balaban J connectivity index is 2.63. The molecule has 104 valence electrons. The first-order chi connectivity index (χ1) is 9.06.